The van der Waals surface area contributed by atoms with Gasteiger partial charge in [-0.25, -0.2) is 0 Å². The van der Waals surface area contributed by atoms with Crippen LogP contribution in [0, 0.1) is 24.2 Å². The summed E-state index contributed by atoms with van der Waals surface area (Å²) < 4.78 is 0. The standard InChI is InChI=1S/C16H28N2S/c1-4-9-19-10-8-17-16-14-6-5-7-15(16)12-18(11-14)13(2)3/h1,13-17H,5-12H2,2-3H3. The molecule has 1 aliphatic heterocycles. The molecule has 2 fully saturated rings. The maximum Gasteiger partial charge on any atom is 0.0545 e. The van der Waals surface area contributed by atoms with Crippen molar-refractivity contribution >= 4 is 11.8 Å². The number of terminal acetylenes is 1. The highest BCUT2D eigenvalue weighted by atomic mass is 32.2. The molecule has 1 saturated carbocycles. The second-order valence-corrected chi connectivity index (χ2v) is 7.34. The highest BCUT2D eigenvalue weighted by Crippen LogP contribution is 2.35. The molecular weight excluding hydrogens is 252 g/mol. The summed E-state index contributed by atoms with van der Waals surface area (Å²) in [6.07, 6.45) is 9.53. The molecule has 2 nitrogen and oxygen atoms in total. The average Bonchev–Trinajstić information content (AvgIpc) is 2.37. The lowest BCUT2D eigenvalue weighted by Crippen LogP contribution is -2.58. The molecule has 0 aromatic carbocycles. The Morgan fingerprint density at radius 1 is 1.32 bits per heavy atom. The van der Waals surface area contributed by atoms with Crippen LogP contribution in [-0.2, 0) is 0 Å². The van der Waals surface area contributed by atoms with Crippen LogP contribution >= 0.6 is 11.8 Å². The molecule has 0 spiro atoms. The zero-order valence-corrected chi connectivity index (χ0v) is 13.2. The van der Waals surface area contributed by atoms with Crippen molar-refractivity contribution in [3.63, 3.8) is 0 Å². The van der Waals surface area contributed by atoms with Gasteiger partial charge in [-0.05, 0) is 38.5 Å². The predicted molar refractivity (Wildman–Crippen MR) is 85.5 cm³/mol. The summed E-state index contributed by atoms with van der Waals surface area (Å²) in [7, 11) is 0. The first kappa shape index (κ1) is 15.2. The third kappa shape index (κ3) is 4.15. The van der Waals surface area contributed by atoms with E-state index in [1.54, 1.807) is 0 Å². The van der Waals surface area contributed by atoms with E-state index in [4.69, 9.17) is 6.42 Å². The summed E-state index contributed by atoms with van der Waals surface area (Å²) in [5.41, 5.74) is 0. The van der Waals surface area contributed by atoms with Crippen molar-refractivity contribution in [1.29, 1.82) is 0 Å². The van der Waals surface area contributed by atoms with E-state index in [1.165, 1.54) is 32.4 Å². The molecule has 2 atom stereocenters. The van der Waals surface area contributed by atoms with Crippen LogP contribution in [0.25, 0.3) is 0 Å². The van der Waals surface area contributed by atoms with Crippen LogP contribution in [0.5, 0.6) is 0 Å². The molecular formula is C16H28N2S. The second kappa shape index (κ2) is 7.57. The summed E-state index contributed by atoms with van der Waals surface area (Å²) >= 11 is 1.87. The molecule has 0 amide bonds. The van der Waals surface area contributed by atoms with Gasteiger partial charge < -0.3 is 10.2 Å². The SMILES string of the molecule is C#CCSCCNC1C2CCCC1CN(C(C)C)C2. The number of likely N-dealkylation sites (tertiary alicyclic amines) is 1. The molecule has 2 bridgehead atoms. The lowest BCUT2D eigenvalue weighted by molar-refractivity contribution is 0.0306. The van der Waals surface area contributed by atoms with Crippen molar-refractivity contribution in [3.05, 3.63) is 0 Å². The minimum absolute atomic E-state index is 0.704. The summed E-state index contributed by atoms with van der Waals surface area (Å²) in [6.45, 7) is 8.37. The average molecular weight is 280 g/mol. The maximum absolute atomic E-state index is 5.28. The fraction of sp³-hybridized carbons (Fsp3) is 0.875. The van der Waals surface area contributed by atoms with Crippen molar-refractivity contribution in [2.75, 3.05) is 31.1 Å². The molecule has 1 N–H and O–H groups in total. The largest absolute Gasteiger partial charge is 0.313 e. The van der Waals surface area contributed by atoms with Crippen LogP contribution in [0.3, 0.4) is 0 Å². The van der Waals surface area contributed by atoms with Crippen molar-refractivity contribution in [2.24, 2.45) is 11.8 Å². The number of nitrogens with zero attached hydrogens (tertiary/aromatic N) is 1. The molecule has 1 heterocycles. The number of rotatable bonds is 6. The van der Waals surface area contributed by atoms with E-state index in [-0.39, 0.29) is 0 Å². The first-order valence-corrected chi connectivity index (χ1v) is 8.86. The van der Waals surface area contributed by atoms with Crippen LogP contribution < -0.4 is 5.32 Å². The van der Waals surface area contributed by atoms with Gasteiger partial charge in [-0.1, -0.05) is 12.3 Å². The molecule has 0 aromatic rings. The van der Waals surface area contributed by atoms with E-state index >= 15 is 0 Å². The highest BCUT2D eigenvalue weighted by Gasteiger charge is 2.39. The third-order valence-electron chi connectivity index (χ3n) is 4.65. The van der Waals surface area contributed by atoms with Crippen LogP contribution in [-0.4, -0.2) is 48.1 Å². The maximum atomic E-state index is 5.28. The van der Waals surface area contributed by atoms with Crippen molar-refractivity contribution < 1.29 is 0 Å². The number of nitrogens with one attached hydrogen (secondary N) is 1. The van der Waals surface area contributed by atoms with Gasteiger partial charge in [-0.2, -0.15) is 0 Å². The van der Waals surface area contributed by atoms with Gasteiger partial charge in [0.2, 0.25) is 0 Å². The molecule has 0 aromatic heterocycles. The second-order valence-electron chi connectivity index (χ2n) is 6.24. The van der Waals surface area contributed by atoms with Gasteiger partial charge in [-0.15, -0.1) is 18.2 Å². The van der Waals surface area contributed by atoms with Gasteiger partial charge in [0.15, 0.2) is 0 Å². The van der Waals surface area contributed by atoms with E-state index in [0.29, 0.717) is 6.04 Å². The Morgan fingerprint density at radius 3 is 2.58 bits per heavy atom. The van der Waals surface area contributed by atoms with Gasteiger partial charge >= 0.3 is 0 Å². The zero-order valence-electron chi connectivity index (χ0n) is 12.4. The van der Waals surface area contributed by atoms with Gasteiger partial charge in [0, 0.05) is 37.5 Å². The quantitative estimate of drug-likeness (QED) is 0.594. The molecule has 2 aliphatic rings. The van der Waals surface area contributed by atoms with E-state index in [1.807, 2.05) is 11.8 Å². The molecule has 1 aliphatic carbocycles. The molecule has 19 heavy (non-hydrogen) atoms. The predicted octanol–water partition coefficient (Wildman–Crippen LogP) is 2.45. The number of thioether (sulfide) groups is 1. The Kier molecular flexibility index (Phi) is 6.06. The molecule has 3 heteroatoms. The van der Waals surface area contributed by atoms with Crippen LogP contribution in [0.15, 0.2) is 0 Å². The van der Waals surface area contributed by atoms with Gasteiger partial charge in [0.25, 0.3) is 0 Å². The van der Waals surface area contributed by atoms with Gasteiger partial charge in [0.1, 0.15) is 0 Å². The summed E-state index contributed by atoms with van der Waals surface area (Å²) in [6, 6.07) is 1.46. The zero-order chi connectivity index (χ0) is 13.7. The van der Waals surface area contributed by atoms with E-state index in [0.717, 1.165) is 35.9 Å². The highest BCUT2D eigenvalue weighted by molar-refractivity contribution is 7.99. The fourth-order valence-corrected chi connectivity index (χ4v) is 4.18. The van der Waals surface area contributed by atoms with E-state index in [2.05, 4.69) is 30.0 Å². The molecule has 0 radical (unpaired) electrons. The Hall–Kier alpha value is -0.170. The van der Waals surface area contributed by atoms with Crippen LogP contribution in [0.1, 0.15) is 33.1 Å². The Balaban J connectivity index is 1.79. The fourth-order valence-electron chi connectivity index (χ4n) is 3.66. The first-order valence-electron chi connectivity index (χ1n) is 7.71. The lowest BCUT2D eigenvalue weighted by Gasteiger charge is -2.49. The summed E-state index contributed by atoms with van der Waals surface area (Å²) in [4.78, 5) is 2.68. The van der Waals surface area contributed by atoms with Crippen LogP contribution in [0.4, 0.5) is 0 Å². The van der Waals surface area contributed by atoms with Crippen molar-refractivity contribution in [3.8, 4) is 12.3 Å². The monoisotopic (exact) mass is 280 g/mol. The summed E-state index contributed by atoms with van der Waals surface area (Å²) in [5, 5.41) is 3.83. The number of hydrogen-bond donors (Lipinski definition) is 1. The molecule has 1 saturated heterocycles. The van der Waals surface area contributed by atoms with Crippen molar-refractivity contribution in [1.82, 2.24) is 10.2 Å². The van der Waals surface area contributed by atoms with Crippen molar-refractivity contribution in [2.45, 2.75) is 45.2 Å². The minimum Gasteiger partial charge on any atom is -0.313 e. The number of fused-ring (bicyclic) bond motifs is 2. The lowest BCUT2D eigenvalue weighted by atomic mass is 9.73. The molecule has 108 valence electrons. The Labute approximate surface area is 123 Å². The number of piperidine rings is 1. The normalized spacial score (nSPS) is 31.4. The molecule has 2 unspecified atom stereocenters. The Bertz CT molecular complexity index is 296. The summed E-state index contributed by atoms with van der Waals surface area (Å²) in [5.74, 6) is 6.42. The number of hydrogen-bond acceptors (Lipinski definition) is 3. The topological polar surface area (TPSA) is 15.3 Å². The van der Waals surface area contributed by atoms with E-state index in [9.17, 15) is 0 Å². The van der Waals surface area contributed by atoms with Gasteiger partial charge in [0.05, 0.1) is 5.75 Å². The van der Waals surface area contributed by atoms with E-state index < -0.39 is 0 Å². The molecule has 2 rings (SSSR count). The van der Waals surface area contributed by atoms with Crippen LogP contribution in [0.2, 0.25) is 0 Å². The smallest absolute Gasteiger partial charge is 0.0545 e. The minimum atomic E-state index is 0.704. The first-order chi connectivity index (χ1) is 9.22. The third-order valence-corrected chi connectivity index (χ3v) is 5.51. The Morgan fingerprint density at radius 2 is 2.00 bits per heavy atom. The van der Waals surface area contributed by atoms with Gasteiger partial charge in [-0.3, -0.25) is 0 Å².